The minimum Gasteiger partial charge on any atom is -0.348 e. The largest absolute Gasteiger partial charge is 0.348 e. The number of imidazole rings is 1. The quantitative estimate of drug-likeness (QED) is 0.717. The van der Waals surface area contributed by atoms with Crippen LogP contribution in [-0.2, 0) is 20.6 Å². The van der Waals surface area contributed by atoms with E-state index in [1.807, 2.05) is 18.2 Å². The van der Waals surface area contributed by atoms with Crippen LogP contribution in [-0.4, -0.2) is 31.1 Å². The molecule has 3 heterocycles. The second-order valence-corrected chi connectivity index (χ2v) is 6.24. The molecule has 2 aromatic heterocycles. The molecule has 3 aromatic rings. The van der Waals surface area contributed by atoms with Crippen molar-refractivity contribution in [3.05, 3.63) is 68.6 Å². The molecule has 0 bridgehead atoms. The van der Waals surface area contributed by atoms with Crippen molar-refractivity contribution in [1.29, 1.82) is 0 Å². The number of fused-ring (bicyclic) bond motifs is 2. The van der Waals surface area contributed by atoms with Gasteiger partial charge in [0.25, 0.3) is 11.5 Å². The summed E-state index contributed by atoms with van der Waals surface area (Å²) in [6.45, 7) is 0.477. The van der Waals surface area contributed by atoms with E-state index in [9.17, 15) is 14.4 Å². The van der Waals surface area contributed by atoms with Crippen molar-refractivity contribution in [3.63, 3.8) is 0 Å². The van der Waals surface area contributed by atoms with Crippen LogP contribution in [0.1, 0.15) is 15.9 Å². The van der Waals surface area contributed by atoms with Gasteiger partial charge in [0.05, 0.1) is 6.33 Å². The van der Waals surface area contributed by atoms with Crippen LogP contribution in [0, 0.1) is 0 Å². The summed E-state index contributed by atoms with van der Waals surface area (Å²) in [5.74, 6) is -0.123. The zero-order valence-electron chi connectivity index (χ0n) is 14.4. The first-order valence-corrected chi connectivity index (χ1v) is 8.16. The molecular formula is C18H17N5O3. The smallest absolute Gasteiger partial charge is 0.332 e. The average molecular weight is 351 g/mol. The lowest BCUT2D eigenvalue weighted by Gasteiger charge is -2.19. The Bertz CT molecular complexity index is 1200. The molecule has 1 N–H and O–H groups in total. The topological polar surface area (TPSA) is 90.9 Å². The van der Waals surface area contributed by atoms with Crippen molar-refractivity contribution in [2.24, 2.45) is 14.1 Å². The van der Waals surface area contributed by atoms with Gasteiger partial charge in [-0.1, -0.05) is 24.3 Å². The molecule has 0 atom stereocenters. The number of nitrogens with one attached hydrogen (secondary N) is 1. The number of hydrogen-bond acceptors (Lipinski definition) is 4. The van der Waals surface area contributed by atoms with E-state index in [2.05, 4.69) is 10.3 Å². The lowest BCUT2D eigenvalue weighted by molar-refractivity contribution is 0.0955. The molecule has 0 unspecified atom stereocenters. The van der Waals surface area contributed by atoms with Crippen LogP contribution >= 0.6 is 0 Å². The van der Waals surface area contributed by atoms with Crippen LogP contribution in [0.2, 0.25) is 0 Å². The van der Waals surface area contributed by atoms with Crippen LogP contribution in [0.4, 0.5) is 0 Å². The predicted octanol–water partition coefficient (Wildman–Crippen LogP) is 0.261. The molecule has 8 nitrogen and oxygen atoms in total. The molecule has 0 aliphatic carbocycles. The second-order valence-electron chi connectivity index (χ2n) is 6.24. The third-order valence-electron chi connectivity index (χ3n) is 4.68. The molecule has 1 amide bonds. The van der Waals surface area contributed by atoms with Crippen molar-refractivity contribution in [2.75, 3.05) is 6.54 Å². The number of aromatic nitrogens is 4. The van der Waals surface area contributed by atoms with Crippen LogP contribution < -0.4 is 16.6 Å². The highest BCUT2D eigenvalue weighted by molar-refractivity contribution is 6.02. The van der Waals surface area contributed by atoms with Gasteiger partial charge >= 0.3 is 5.69 Å². The molecule has 1 aliphatic heterocycles. The van der Waals surface area contributed by atoms with Crippen molar-refractivity contribution in [2.45, 2.75) is 6.54 Å². The maximum atomic E-state index is 12.7. The Morgan fingerprint density at radius 3 is 2.65 bits per heavy atom. The lowest BCUT2D eigenvalue weighted by atomic mass is 9.95. The van der Waals surface area contributed by atoms with Gasteiger partial charge in [0.2, 0.25) is 0 Å². The van der Waals surface area contributed by atoms with Crippen molar-refractivity contribution in [3.8, 4) is 0 Å². The summed E-state index contributed by atoms with van der Waals surface area (Å²) >= 11 is 0. The second kappa shape index (κ2) is 5.83. The normalized spacial score (nSPS) is 15.3. The van der Waals surface area contributed by atoms with Gasteiger partial charge in [-0.05, 0) is 17.2 Å². The minimum atomic E-state index is -0.425. The van der Waals surface area contributed by atoms with Crippen LogP contribution in [0.15, 0.2) is 46.3 Å². The fraction of sp³-hybridized carbons (Fsp3) is 0.222. The van der Waals surface area contributed by atoms with Crippen LogP contribution in [0.25, 0.3) is 16.7 Å². The third kappa shape index (κ3) is 2.30. The van der Waals surface area contributed by atoms with E-state index < -0.39 is 5.69 Å². The van der Waals surface area contributed by atoms with Crippen molar-refractivity contribution < 1.29 is 4.79 Å². The summed E-state index contributed by atoms with van der Waals surface area (Å²) < 4.78 is 4.15. The highest BCUT2D eigenvalue weighted by Crippen LogP contribution is 2.22. The van der Waals surface area contributed by atoms with Crippen LogP contribution in [0.3, 0.4) is 0 Å². The molecule has 0 fully saturated rings. The third-order valence-corrected chi connectivity index (χ3v) is 4.68. The minimum absolute atomic E-state index is 0.117. The number of allylic oxidation sites excluding steroid dienone is 1. The molecular weight excluding hydrogens is 334 g/mol. The highest BCUT2D eigenvalue weighted by Gasteiger charge is 2.20. The maximum absolute atomic E-state index is 12.7. The molecule has 8 heteroatoms. The van der Waals surface area contributed by atoms with Gasteiger partial charge in [-0.2, -0.15) is 0 Å². The number of rotatable bonds is 2. The number of carbonyl (C=O) groups is 1. The number of carbonyl (C=O) groups excluding carboxylic acids is 1. The molecule has 0 spiro atoms. The van der Waals surface area contributed by atoms with E-state index in [1.165, 1.54) is 15.5 Å². The number of benzene rings is 1. The van der Waals surface area contributed by atoms with Gasteiger partial charge in [-0.3, -0.25) is 18.7 Å². The number of aryl methyl sites for hydroxylation is 2. The highest BCUT2D eigenvalue weighted by atomic mass is 16.2. The van der Waals surface area contributed by atoms with Crippen molar-refractivity contribution in [1.82, 2.24) is 24.0 Å². The fourth-order valence-electron chi connectivity index (χ4n) is 3.27. The zero-order chi connectivity index (χ0) is 18.4. The SMILES string of the molecule is Cn1cnc2c1c(=O)n(C/C=C1\CNC(=O)c3ccccc31)c(=O)n2C. The number of nitrogens with zero attached hydrogens (tertiary/aromatic N) is 4. The first-order chi connectivity index (χ1) is 12.5. The Morgan fingerprint density at radius 1 is 1.15 bits per heavy atom. The summed E-state index contributed by atoms with van der Waals surface area (Å²) in [5, 5.41) is 2.81. The molecule has 132 valence electrons. The summed E-state index contributed by atoms with van der Waals surface area (Å²) in [6.07, 6.45) is 3.32. The zero-order valence-corrected chi connectivity index (χ0v) is 14.4. The van der Waals surface area contributed by atoms with Gasteiger partial charge in [0.15, 0.2) is 11.2 Å². The van der Waals surface area contributed by atoms with Gasteiger partial charge in [0.1, 0.15) is 0 Å². The van der Waals surface area contributed by atoms with E-state index in [-0.39, 0.29) is 18.0 Å². The van der Waals surface area contributed by atoms with E-state index in [0.29, 0.717) is 23.3 Å². The van der Waals surface area contributed by atoms with E-state index >= 15 is 0 Å². The molecule has 26 heavy (non-hydrogen) atoms. The summed E-state index contributed by atoms with van der Waals surface area (Å²) in [5.41, 5.74) is 2.22. The van der Waals surface area contributed by atoms with E-state index in [4.69, 9.17) is 0 Å². The Kier molecular flexibility index (Phi) is 3.61. The molecule has 1 aliphatic rings. The predicted molar refractivity (Wildman–Crippen MR) is 97.0 cm³/mol. The van der Waals surface area contributed by atoms with Crippen molar-refractivity contribution >= 4 is 22.6 Å². The summed E-state index contributed by atoms with van der Waals surface area (Å²) in [4.78, 5) is 41.4. The Balaban J connectivity index is 1.82. The Morgan fingerprint density at radius 2 is 1.88 bits per heavy atom. The molecule has 0 saturated carbocycles. The fourth-order valence-corrected chi connectivity index (χ4v) is 3.27. The molecule has 4 rings (SSSR count). The summed E-state index contributed by atoms with van der Waals surface area (Å²) in [7, 11) is 3.31. The average Bonchev–Trinajstić information content (AvgIpc) is 3.03. The lowest BCUT2D eigenvalue weighted by Crippen LogP contribution is -2.39. The molecule has 0 radical (unpaired) electrons. The number of hydrogen-bond donors (Lipinski definition) is 1. The number of amides is 1. The maximum Gasteiger partial charge on any atom is 0.332 e. The standard InChI is InChI=1S/C18H17N5O3/c1-21-10-20-15-14(21)17(25)23(18(26)22(15)2)8-7-11-9-19-16(24)13-6-4-3-5-12(11)13/h3-7,10H,8-9H2,1-2H3,(H,19,24)/b11-7+. The Hall–Kier alpha value is -3.42. The Labute approximate surface area is 148 Å². The van der Waals surface area contributed by atoms with Gasteiger partial charge in [-0.15, -0.1) is 0 Å². The van der Waals surface area contributed by atoms with Gasteiger partial charge in [0, 0.05) is 32.7 Å². The molecule has 1 aromatic carbocycles. The van der Waals surface area contributed by atoms with Gasteiger partial charge in [-0.25, -0.2) is 9.78 Å². The van der Waals surface area contributed by atoms with Crippen LogP contribution in [0.5, 0.6) is 0 Å². The van der Waals surface area contributed by atoms with E-state index in [0.717, 1.165) is 11.1 Å². The van der Waals surface area contributed by atoms with E-state index in [1.54, 1.807) is 30.8 Å². The molecule has 0 saturated heterocycles. The summed E-state index contributed by atoms with van der Waals surface area (Å²) in [6, 6.07) is 7.28. The monoisotopic (exact) mass is 351 g/mol. The first kappa shape index (κ1) is 16.1. The van der Waals surface area contributed by atoms with Gasteiger partial charge < -0.3 is 9.88 Å². The first-order valence-electron chi connectivity index (χ1n) is 8.16.